The van der Waals surface area contributed by atoms with Crippen molar-refractivity contribution in [2.45, 2.75) is 98.5 Å². The van der Waals surface area contributed by atoms with E-state index in [1.807, 2.05) is 6.26 Å². The molecule has 204 valence electrons. The third-order valence-corrected chi connectivity index (χ3v) is 12.7. The average molecular weight is 538 g/mol. The molecular formula is C28H47N3O3S2. The van der Waals surface area contributed by atoms with Gasteiger partial charge in [0, 0.05) is 50.3 Å². The first-order valence-electron chi connectivity index (χ1n) is 14.9. The fourth-order valence-corrected chi connectivity index (χ4v) is 11.7. The first-order valence-corrected chi connectivity index (χ1v) is 16.9. The topological polar surface area (TPSA) is 37.4 Å². The summed E-state index contributed by atoms with van der Waals surface area (Å²) in [4.78, 5) is 2.99. The van der Waals surface area contributed by atoms with E-state index in [2.05, 4.69) is 44.5 Å². The molecule has 5 saturated heterocycles. The van der Waals surface area contributed by atoms with Crippen molar-refractivity contribution in [1.82, 2.24) is 14.9 Å². The first-order chi connectivity index (χ1) is 17.9. The van der Waals surface area contributed by atoms with Gasteiger partial charge in [-0.3, -0.25) is 4.90 Å². The zero-order valence-corrected chi connectivity index (χ0v) is 23.8. The van der Waals surface area contributed by atoms with Gasteiger partial charge in [0.1, 0.15) is 16.5 Å². The van der Waals surface area contributed by atoms with Crippen LogP contribution in [0.5, 0.6) is 0 Å². The third-order valence-electron chi connectivity index (χ3n) is 9.48. The van der Waals surface area contributed by atoms with E-state index in [4.69, 9.17) is 14.2 Å². The molecule has 5 fully saturated rings. The standard InChI is InChI=1S/C28H47N3O3S2/c1-5-13-29(14-6-1)28(26-12-4-9-22-35-26)27(24-10-2-7-18-33-24,25-11-3-8-19-34-25)36-23-17-31(28)30-15-20-32-21-16-30/h7,18,24-26H,1-6,8-17,19-23H2. The number of hydrogen-bond acceptors (Lipinski definition) is 8. The van der Waals surface area contributed by atoms with Crippen LogP contribution in [0, 0.1) is 0 Å². The van der Waals surface area contributed by atoms with Crippen molar-refractivity contribution in [1.29, 1.82) is 0 Å². The highest BCUT2D eigenvalue weighted by atomic mass is 32.2. The molecule has 0 saturated carbocycles. The summed E-state index contributed by atoms with van der Waals surface area (Å²) in [5, 5.41) is 6.20. The van der Waals surface area contributed by atoms with E-state index in [-0.39, 0.29) is 22.6 Å². The van der Waals surface area contributed by atoms with Crippen molar-refractivity contribution in [3.63, 3.8) is 0 Å². The van der Waals surface area contributed by atoms with Crippen molar-refractivity contribution in [3.8, 4) is 0 Å². The molecule has 0 spiro atoms. The van der Waals surface area contributed by atoms with Crippen molar-refractivity contribution >= 4 is 23.5 Å². The maximum Gasteiger partial charge on any atom is 0.120 e. The summed E-state index contributed by atoms with van der Waals surface area (Å²) in [7, 11) is 0. The van der Waals surface area contributed by atoms with Crippen LogP contribution in [0.3, 0.4) is 0 Å². The second-order valence-corrected chi connectivity index (χ2v) is 14.1. The number of thioether (sulfide) groups is 2. The quantitative estimate of drug-likeness (QED) is 0.497. The predicted molar refractivity (Wildman–Crippen MR) is 149 cm³/mol. The normalized spacial score (nSPS) is 42.2. The van der Waals surface area contributed by atoms with Crippen LogP contribution in [0.2, 0.25) is 0 Å². The van der Waals surface area contributed by atoms with Crippen LogP contribution >= 0.6 is 23.5 Å². The summed E-state index contributed by atoms with van der Waals surface area (Å²) in [6.45, 7) is 8.12. The van der Waals surface area contributed by atoms with Gasteiger partial charge in [0.05, 0.1) is 25.6 Å². The van der Waals surface area contributed by atoms with Gasteiger partial charge in [-0.15, -0.1) is 11.8 Å². The van der Waals surface area contributed by atoms with E-state index < -0.39 is 0 Å². The minimum atomic E-state index is -0.110. The molecule has 8 heteroatoms. The minimum absolute atomic E-state index is 0.101. The maximum absolute atomic E-state index is 6.92. The molecule has 5 unspecified atom stereocenters. The number of morpholine rings is 1. The van der Waals surface area contributed by atoms with Crippen LogP contribution in [0.25, 0.3) is 0 Å². The lowest BCUT2D eigenvalue weighted by Gasteiger charge is -2.70. The van der Waals surface area contributed by atoms with Gasteiger partial charge in [-0.1, -0.05) is 12.8 Å². The zero-order valence-electron chi connectivity index (χ0n) is 22.1. The molecule has 0 aliphatic carbocycles. The Balaban J connectivity index is 1.55. The molecule has 0 amide bonds. The van der Waals surface area contributed by atoms with Crippen LogP contribution in [-0.4, -0.2) is 107 Å². The Morgan fingerprint density at radius 2 is 1.61 bits per heavy atom. The number of rotatable bonds is 5. The predicted octanol–water partition coefficient (Wildman–Crippen LogP) is 4.75. The number of likely N-dealkylation sites (tertiary alicyclic amines) is 1. The number of allylic oxidation sites excluding steroid dienone is 1. The molecule has 6 nitrogen and oxygen atoms in total. The highest BCUT2D eigenvalue weighted by Crippen LogP contribution is 2.60. The molecule has 6 heterocycles. The van der Waals surface area contributed by atoms with Crippen LogP contribution < -0.4 is 0 Å². The molecular weight excluding hydrogens is 490 g/mol. The van der Waals surface area contributed by atoms with E-state index in [9.17, 15) is 0 Å². The molecule has 0 N–H and O–H groups in total. The Hall–Kier alpha value is 0.0400. The Bertz CT molecular complexity index is 716. The smallest absolute Gasteiger partial charge is 0.120 e. The van der Waals surface area contributed by atoms with E-state index >= 15 is 0 Å². The summed E-state index contributed by atoms with van der Waals surface area (Å²) in [5.41, 5.74) is -0.101. The maximum atomic E-state index is 6.92. The number of nitrogens with zero attached hydrogens (tertiary/aromatic N) is 3. The molecule has 0 aromatic carbocycles. The molecule has 0 radical (unpaired) electrons. The monoisotopic (exact) mass is 537 g/mol. The molecule has 6 rings (SSSR count). The fraction of sp³-hybridized carbons (Fsp3) is 0.929. The zero-order chi connectivity index (χ0) is 24.3. The molecule has 6 aliphatic rings. The lowest BCUT2D eigenvalue weighted by molar-refractivity contribution is -0.248. The van der Waals surface area contributed by atoms with Crippen LogP contribution in [0.1, 0.15) is 70.6 Å². The second kappa shape index (κ2) is 12.1. The molecule has 0 aromatic heterocycles. The van der Waals surface area contributed by atoms with Gasteiger partial charge >= 0.3 is 0 Å². The van der Waals surface area contributed by atoms with Gasteiger partial charge in [0.15, 0.2) is 0 Å². The summed E-state index contributed by atoms with van der Waals surface area (Å²) >= 11 is 4.52. The van der Waals surface area contributed by atoms with Crippen LogP contribution in [0.4, 0.5) is 0 Å². The Morgan fingerprint density at radius 3 is 2.33 bits per heavy atom. The first kappa shape index (κ1) is 26.3. The number of hydrogen-bond donors (Lipinski definition) is 0. The van der Waals surface area contributed by atoms with Gasteiger partial charge in [-0.2, -0.15) is 11.8 Å². The van der Waals surface area contributed by atoms with Gasteiger partial charge in [-0.05, 0) is 69.6 Å². The fourth-order valence-electron chi connectivity index (χ4n) is 8.05. The number of ether oxygens (including phenoxy) is 3. The summed E-state index contributed by atoms with van der Waals surface area (Å²) in [6.07, 6.45) is 18.6. The largest absolute Gasteiger partial charge is 0.497 e. The highest BCUT2D eigenvalue weighted by Gasteiger charge is 2.71. The number of piperidine rings is 1. The van der Waals surface area contributed by atoms with E-state index in [1.165, 1.54) is 76.6 Å². The Kier molecular flexibility index (Phi) is 8.80. The van der Waals surface area contributed by atoms with Crippen molar-refractivity contribution in [3.05, 3.63) is 12.3 Å². The van der Waals surface area contributed by atoms with Crippen molar-refractivity contribution in [2.75, 3.05) is 64.1 Å². The van der Waals surface area contributed by atoms with Gasteiger partial charge in [-0.25, -0.2) is 10.0 Å². The lowest BCUT2D eigenvalue weighted by atomic mass is 9.72. The Morgan fingerprint density at radius 1 is 0.750 bits per heavy atom. The van der Waals surface area contributed by atoms with E-state index in [1.54, 1.807) is 0 Å². The molecule has 0 bridgehead atoms. The van der Waals surface area contributed by atoms with Crippen molar-refractivity contribution in [2.24, 2.45) is 0 Å². The summed E-state index contributed by atoms with van der Waals surface area (Å²) in [6, 6.07) is 0. The molecule has 36 heavy (non-hydrogen) atoms. The SMILES string of the molecule is C1=COC(C2(C3CCCCO3)SCCN(N3CCOCC3)C2(C2CCCCS2)N2CCCCC2)CC1. The second-order valence-electron chi connectivity index (χ2n) is 11.4. The third kappa shape index (κ3) is 4.58. The number of hydrazine groups is 1. The van der Waals surface area contributed by atoms with Gasteiger partial charge in [0.2, 0.25) is 0 Å². The van der Waals surface area contributed by atoms with E-state index in [0.717, 1.165) is 58.0 Å². The average Bonchev–Trinajstić information content (AvgIpc) is 2.99. The van der Waals surface area contributed by atoms with Crippen LogP contribution in [0.15, 0.2) is 12.3 Å². The molecule has 5 atom stereocenters. The van der Waals surface area contributed by atoms with Crippen LogP contribution in [-0.2, 0) is 14.2 Å². The minimum Gasteiger partial charge on any atom is -0.497 e. The van der Waals surface area contributed by atoms with Crippen molar-refractivity contribution < 1.29 is 14.2 Å². The van der Waals surface area contributed by atoms with Gasteiger partial charge < -0.3 is 14.2 Å². The molecule has 0 aromatic rings. The van der Waals surface area contributed by atoms with Gasteiger partial charge in [0.25, 0.3) is 0 Å². The Labute approximate surface area is 227 Å². The van der Waals surface area contributed by atoms with E-state index in [0.29, 0.717) is 5.25 Å². The molecule has 6 aliphatic heterocycles. The highest BCUT2D eigenvalue weighted by molar-refractivity contribution is 8.01. The summed E-state index contributed by atoms with van der Waals surface area (Å²) in [5.74, 6) is 2.43. The summed E-state index contributed by atoms with van der Waals surface area (Å²) < 4.78 is 19.4. The lowest BCUT2D eigenvalue weighted by Crippen LogP contribution is -2.86.